The number of nitrogens with zero attached hydrogens (tertiary/aromatic N) is 1. The molecule has 0 radical (unpaired) electrons. The SMILES string of the molecule is O=C(CNn1cccc1)Nc1cccc(F)c1. The molecule has 5 heteroatoms. The van der Waals surface area contributed by atoms with Crippen molar-refractivity contribution in [3.8, 4) is 0 Å². The topological polar surface area (TPSA) is 46.1 Å². The fourth-order valence-corrected chi connectivity index (χ4v) is 1.37. The lowest BCUT2D eigenvalue weighted by Gasteiger charge is -2.08. The van der Waals surface area contributed by atoms with E-state index in [9.17, 15) is 9.18 Å². The second-order valence-corrected chi connectivity index (χ2v) is 3.48. The average molecular weight is 233 g/mol. The van der Waals surface area contributed by atoms with Crippen LogP contribution in [0.15, 0.2) is 48.8 Å². The third kappa shape index (κ3) is 3.34. The fourth-order valence-electron chi connectivity index (χ4n) is 1.37. The lowest BCUT2D eigenvalue weighted by Crippen LogP contribution is -2.26. The first-order chi connectivity index (χ1) is 8.24. The number of amides is 1. The Bertz CT molecular complexity index is 496. The molecule has 17 heavy (non-hydrogen) atoms. The molecule has 0 aliphatic rings. The van der Waals surface area contributed by atoms with Crippen LogP contribution < -0.4 is 10.7 Å². The van der Waals surface area contributed by atoms with Crippen LogP contribution in [0.3, 0.4) is 0 Å². The summed E-state index contributed by atoms with van der Waals surface area (Å²) in [5.41, 5.74) is 3.32. The van der Waals surface area contributed by atoms with Gasteiger partial charge in [-0.05, 0) is 30.3 Å². The highest BCUT2D eigenvalue weighted by Gasteiger charge is 2.02. The minimum Gasteiger partial charge on any atom is -0.324 e. The number of carbonyl (C=O) groups excluding carboxylic acids is 1. The van der Waals surface area contributed by atoms with Crippen LogP contribution in [0.25, 0.3) is 0 Å². The van der Waals surface area contributed by atoms with Crippen LogP contribution in [0.1, 0.15) is 0 Å². The van der Waals surface area contributed by atoms with E-state index in [1.165, 1.54) is 12.1 Å². The smallest absolute Gasteiger partial charge is 0.245 e. The van der Waals surface area contributed by atoms with E-state index in [1.807, 2.05) is 12.1 Å². The lowest BCUT2D eigenvalue weighted by molar-refractivity contribution is -0.114. The highest BCUT2D eigenvalue weighted by atomic mass is 19.1. The lowest BCUT2D eigenvalue weighted by atomic mass is 10.3. The highest BCUT2D eigenvalue weighted by molar-refractivity contribution is 5.92. The summed E-state index contributed by atoms with van der Waals surface area (Å²) < 4.78 is 14.5. The van der Waals surface area contributed by atoms with Gasteiger partial charge in [-0.3, -0.25) is 9.47 Å². The Balaban J connectivity index is 1.85. The fraction of sp³-hybridized carbons (Fsp3) is 0.0833. The van der Waals surface area contributed by atoms with Crippen molar-refractivity contribution in [2.75, 3.05) is 17.3 Å². The molecule has 2 rings (SSSR count). The van der Waals surface area contributed by atoms with E-state index in [-0.39, 0.29) is 18.3 Å². The van der Waals surface area contributed by atoms with Crippen LogP contribution in [0.5, 0.6) is 0 Å². The number of anilines is 1. The van der Waals surface area contributed by atoms with E-state index in [2.05, 4.69) is 10.7 Å². The van der Waals surface area contributed by atoms with E-state index in [0.29, 0.717) is 5.69 Å². The van der Waals surface area contributed by atoms with Gasteiger partial charge in [-0.1, -0.05) is 6.07 Å². The maximum absolute atomic E-state index is 12.9. The number of hydrogen-bond acceptors (Lipinski definition) is 2. The molecule has 0 unspecified atom stereocenters. The van der Waals surface area contributed by atoms with Crippen LogP contribution in [-0.2, 0) is 4.79 Å². The van der Waals surface area contributed by atoms with Crippen LogP contribution in [0, 0.1) is 5.82 Å². The molecule has 0 bridgehead atoms. The zero-order chi connectivity index (χ0) is 12.1. The third-order valence-electron chi connectivity index (χ3n) is 2.14. The molecule has 0 fully saturated rings. The normalized spacial score (nSPS) is 9.94. The molecule has 2 N–H and O–H groups in total. The summed E-state index contributed by atoms with van der Waals surface area (Å²) in [6.07, 6.45) is 3.57. The van der Waals surface area contributed by atoms with E-state index in [4.69, 9.17) is 0 Å². The van der Waals surface area contributed by atoms with Crippen molar-refractivity contribution in [3.63, 3.8) is 0 Å². The third-order valence-corrected chi connectivity index (χ3v) is 2.14. The summed E-state index contributed by atoms with van der Waals surface area (Å²) in [4.78, 5) is 11.5. The zero-order valence-electron chi connectivity index (χ0n) is 9.06. The quantitative estimate of drug-likeness (QED) is 0.846. The molecule has 1 aromatic heterocycles. The van der Waals surface area contributed by atoms with Crippen molar-refractivity contribution >= 4 is 11.6 Å². The molecular weight excluding hydrogens is 221 g/mol. The first-order valence-corrected chi connectivity index (χ1v) is 5.16. The Morgan fingerprint density at radius 2 is 2.00 bits per heavy atom. The average Bonchev–Trinajstić information content (AvgIpc) is 2.79. The van der Waals surface area contributed by atoms with Crippen LogP contribution in [-0.4, -0.2) is 17.1 Å². The van der Waals surface area contributed by atoms with Crippen LogP contribution in [0.4, 0.5) is 10.1 Å². The molecule has 1 aromatic carbocycles. The van der Waals surface area contributed by atoms with Crippen LogP contribution >= 0.6 is 0 Å². The Labute approximate surface area is 98.0 Å². The summed E-state index contributed by atoms with van der Waals surface area (Å²) in [6.45, 7) is 0.116. The molecule has 0 aliphatic carbocycles. The Hall–Kier alpha value is -2.30. The molecule has 4 nitrogen and oxygen atoms in total. The molecule has 0 spiro atoms. The van der Waals surface area contributed by atoms with Gasteiger partial charge in [-0.15, -0.1) is 0 Å². The van der Waals surface area contributed by atoms with E-state index >= 15 is 0 Å². The predicted molar refractivity (Wildman–Crippen MR) is 63.7 cm³/mol. The molecule has 0 atom stereocenters. The number of benzene rings is 1. The van der Waals surface area contributed by atoms with Crippen molar-refractivity contribution < 1.29 is 9.18 Å². The van der Waals surface area contributed by atoms with Crippen molar-refractivity contribution in [1.82, 2.24) is 4.68 Å². The summed E-state index contributed by atoms with van der Waals surface area (Å²) in [6, 6.07) is 9.47. The van der Waals surface area contributed by atoms with Crippen molar-refractivity contribution in [2.24, 2.45) is 0 Å². The maximum Gasteiger partial charge on any atom is 0.245 e. The molecule has 1 heterocycles. The van der Waals surface area contributed by atoms with Crippen molar-refractivity contribution in [3.05, 3.63) is 54.6 Å². The summed E-state index contributed by atoms with van der Waals surface area (Å²) in [5.74, 6) is -0.606. The summed E-state index contributed by atoms with van der Waals surface area (Å²) in [7, 11) is 0. The van der Waals surface area contributed by atoms with E-state index in [1.54, 1.807) is 29.2 Å². The first-order valence-electron chi connectivity index (χ1n) is 5.16. The van der Waals surface area contributed by atoms with Gasteiger partial charge in [0, 0.05) is 18.1 Å². The Morgan fingerprint density at radius 1 is 1.24 bits per heavy atom. The van der Waals surface area contributed by atoms with Gasteiger partial charge in [0.05, 0.1) is 0 Å². The van der Waals surface area contributed by atoms with Gasteiger partial charge in [0.1, 0.15) is 12.4 Å². The van der Waals surface area contributed by atoms with Gasteiger partial charge in [0.2, 0.25) is 5.91 Å². The first kappa shape index (κ1) is 11.2. The number of rotatable bonds is 4. The van der Waals surface area contributed by atoms with Gasteiger partial charge in [-0.2, -0.15) is 0 Å². The molecular formula is C12H12FN3O. The van der Waals surface area contributed by atoms with Gasteiger partial charge < -0.3 is 10.7 Å². The van der Waals surface area contributed by atoms with Gasteiger partial charge in [0.15, 0.2) is 0 Å². The maximum atomic E-state index is 12.9. The standard InChI is InChI=1S/C12H12FN3O/c13-10-4-3-5-11(8-10)15-12(17)9-14-16-6-1-2-7-16/h1-8,14H,9H2,(H,15,17). The number of aromatic nitrogens is 1. The largest absolute Gasteiger partial charge is 0.324 e. The summed E-state index contributed by atoms with van der Waals surface area (Å²) in [5, 5.41) is 2.59. The number of nitrogens with one attached hydrogen (secondary N) is 2. The minimum absolute atomic E-state index is 0.116. The Morgan fingerprint density at radius 3 is 2.71 bits per heavy atom. The summed E-state index contributed by atoms with van der Waals surface area (Å²) >= 11 is 0. The second kappa shape index (κ2) is 5.16. The van der Waals surface area contributed by atoms with Crippen LogP contribution in [0.2, 0.25) is 0 Å². The van der Waals surface area contributed by atoms with E-state index < -0.39 is 0 Å². The molecule has 1 amide bonds. The monoisotopic (exact) mass is 233 g/mol. The number of halogens is 1. The van der Waals surface area contributed by atoms with Crippen molar-refractivity contribution in [2.45, 2.75) is 0 Å². The van der Waals surface area contributed by atoms with Crippen molar-refractivity contribution in [1.29, 1.82) is 0 Å². The zero-order valence-corrected chi connectivity index (χ0v) is 9.06. The molecule has 0 saturated heterocycles. The molecule has 88 valence electrons. The number of hydrogen-bond donors (Lipinski definition) is 2. The molecule has 0 aliphatic heterocycles. The molecule has 0 saturated carbocycles. The predicted octanol–water partition coefficient (Wildman–Crippen LogP) is 1.81. The van der Waals surface area contributed by atoms with E-state index in [0.717, 1.165) is 0 Å². The van der Waals surface area contributed by atoms with Gasteiger partial charge in [0.25, 0.3) is 0 Å². The van der Waals surface area contributed by atoms with Gasteiger partial charge in [-0.25, -0.2) is 4.39 Å². The second-order valence-electron chi connectivity index (χ2n) is 3.48. The highest BCUT2D eigenvalue weighted by Crippen LogP contribution is 2.08. The Kier molecular flexibility index (Phi) is 3.40. The number of carbonyl (C=O) groups is 1. The molecule has 2 aromatic rings. The minimum atomic E-state index is -0.374. The van der Waals surface area contributed by atoms with Gasteiger partial charge >= 0.3 is 0 Å².